The van der Waals surface area contributed by atoms with E-state index in [1.807, 2.05) is 24.3 Å². The van der Waals surface area contributed by atoms with Crippen LogP contribution < -0.4 is 24.9 Å². The number of nitro benzene ring substituents is 1. The number of para-hydroxylation sites is 1. The van der Waals surface area contributed by atoms with Crippen molar-refractivity contribution < 1.29 is 14.5 Å². The molecule has 224 valence electrons. The summed E-state index contributed by atoms with van der Waals surface area (Å²) in [5, 5.41) is 15.0. The summed E-state index contributed by atoms with van der Waals surface area (Å²) in [4.78, 5) is 53.3. The Morgan fingerprint density at radius 2 is 1.84 bits per heavy atom. The van der Waals surface area contributed by atoms with Crippen LogP contribution in [0, 0.1) is 10.1 Å². The summed E-state index contributed by atoms with van der Waals surface area (Å²) in [5.74, 6) is 0.165. The molecule has 1 amide bonds. The number of anilines is 1. The lowest BCUT2D eigenvalue weighted by molar-refractivity contribution is -0.384. The van der Waals surface area contributed by atoms with Crippen molar-refractivity contribution in [3.05, 3.63) is 143 Å². The van der Waals surface area contributed by atoms with Gasteiger partial charge in [-0.15, -0.1) is 0 Å². The maximum absolute atomic E-state index is 14.2. The lowest BCUT2D eigenvalue weighted by atomic mass is 9.95. The average molecular weight is 637 g/mol. The molecule has 45 heavy (non-hydrogen) atoms. The number of amides is 1. The van der Waals surface area contributed by atoms with Gasteiger partial charge in [-0.1, -0.05) is 41.7 Å². The van der Waals surface area contributed by atoms with Crippen molar-refractivity contribution in [1.29, 1.82) is 0 Å². The molecule has 3 aromatic carbocycles. The number of nitrogens with one attached hydrogen (secondary N) is 1. The van der Waals surface area contributed by atoms with Gasteiger partial charge in [-0.3, -0.25) is 24.3 Å². The summed E-state index contributed by atoms with van der Waals surface area (Å²) in [6, 6.07) is 21.5. The minimum absolute atomic E-state index is 0.127. The molecule has 0 unspecified atom stereocenters. The highest BCUT2D eigenvalue weighted by molar-refractivity contribution is 7.99. The molecule has 13 heteroatoms. The van der Waals surface area contributed by atoms with Gasteiger partial charge in [-0.05, 0) is 72.3 Å². The predicted octanol–water partition coefficient (Wildman–Crippen LogP) is 4.73. The van der Waals surface area contributed by atoms with Crippen molar-refractivity contribution >= 4 is 46.5 Å². The van der Waals surface area contributed by atoms with Gasteiger partial charge in [0.25, 0.3) is 17.2 Å². The number of aromatic nitrogens is 3. The van der Waals surface area contributed by atoms with Crippen LogP contribution in [0.2, 0.25) is 0 Å². The monoisotopic (exact) mass is 636 g/mol. The number of nitrogens with zero attached hydrogens (tertiary/aromatic N) is 5. The fraction of sp³-hybridized carbons (Fsp3) is 0.0938. The number of non-ortho nitro benzene ring substituents is 1. The molecule has 0 saturated carbocycles. The van der Waals surface area contributed by atoms with E-state index in [1.54, 1.807) is 75.0 Å². The number of benzene rings is 3. The second-order valence-electron chi connectivity index (χ2n) is 9.79. The Morgan fingerprint density at radius 1 is 1.07 bits per heavy atom. The summed E-state index contributed by atoms with van der Waals surface area (Å²) in [6.07, 6.45) is 4.81. The second kappa shape index (κ2) is 12.7. The van der Waals surface area contributed by atoms with E-state index >= 15 is 0 Å². The third kappa shape index (κ3) is 6.16. The quantitative estimate of drug-likeness (QED) is 0.146. The minimum Gasteiger partial charge on any atom is -0.497 e. The fourth-order valence-electron chi connectivity index (χ4n) is 4.89. The van der Waals surface area contributed by atoms with Crippen molar-refractivity contribution in [3.63, 3.8) is 0 Å². The van der Waals surface area contributed by atoms with E-state index in [1.165, 1.54) is 28.5 Å². The van der Waals surface area contributed by atoms with Gasteiger partial charge in [0, 0.05) is 35.1 Å². The van der Waals surface area contributed by atoms with Crippen LogP contribution in [0.1, 0.15) is 24.1 Å². The zero-order valence-electron chi connectivity index (χ0n) is 23.9. The van der Waals surface area contributed by atoms with E-state index in [2.05, 4.69) is 20.3 Å². The third-order valence-corrected chi connectivity index (χ3v) is 8.91. The van der Waals surface area contributed by atoms with Crippen molar-refractivity contribution in [1.82, 2.24) is 14.5 Å². The lowest BCUT2D eigenvalue weighted by Crippen LogP contribution is -2.40. The fourth-order valence-corrected chi connectivity index (χ4v) is 6.72. The van der Waals surface area contributed by atoms with Crippen LogP contribution in [0.5, 0.6) is 5.75 Å². The maximum atomic E-state index is 14.2. The van der Waals surface area contributed by atoms with Crippen LogP contribution in [0.4, 0.5) is 11.4 Å². The second-order valence-corrected chi connectivity index (χ2v) is 11.8. The van der Waals surface area contributed by atoms with Crippen molar-refractivity contribution in [2.45, 2.75) is 23.0 Å². The average Bonchev–Trinajstić information content (AvgIpc) is 3.35. The number of carbonyl (C=O) groups is 1. The first-order valence-corrected chi connectivity index (χ1v) is 15.2. The van der Waals surface area contributed by atoms with Crippen LogP contribution in [0.3, 0.4) is 0 Å². The zero-order valence-corrected chi connectivity index (χ0v) is 25.5. The number of allylic oxidation sites excluding steroid dienone is 1. The molecule has 0 bridgehead atoms. The number of thiazole rings is 1. The van der Waals surface area contributed by atoms with Gasteiger partial charge < -0.3 is 10.1 Å². The van der Waals surface area contributed by atoms with E-state index in [9.17, 15) is 19.7 Å². The van der Waals surface area contributed by atoms with Crippen LogP contribution in [-0.4, -0.2) is 32.5 Å². The van der Waals surface area contributed by atoms with Gasteiger partial charge in [0.1, 0.15) is 5.75 Å². The number of methoxy groups -OCH3 is 1. The molecule has 1 N–H and O–H groups in total. The molecule has 0 saturated heterocycles. The standard InChI is InChI=1S/C32H24N6O5S2/c1-19-27(29(39)36-22-9-4-3-5-10-22)28(20-8-6-11-24(17-20)43-2)37-30(40)26(45-32(37)35-19)18-21-16-23(38(41)42)12-13-25(21)44-31-33-14-7-15-34-31/h3-18,28H,1-2H3,(H,36,39)/b26-18+/t28-/m0/s1. The van der Waals surface area contributed by atoms with Gasteiger partial charge in [0.05, 0.1) is 33.9 Å². The highest BCUT2D eigenvalue weighted by atomic mass is 32.2. The van der Waals surface area contributed by atoms with E-state index in [0.29, 0.717) is 48.7 Å². The number of ether oxygens (including phenoxy) is 1. The van der Waals surface area contributed by atoms with E-state index in [-0.39, 0.29) is 10.2 Å². The Hall–Kier alpha value is -5.40. The van der Waals surface area contributed by atoms with Gasteiger partial charge in [-0.2, -0.15) is 0 Å². The van der Waals surface area contributed by atoms with Gasteiger partial charge in [-0.25, -0.2) is 15.0 Å². The highest BCUT2D eigenvalue weighted by Crippen LogP contribution is 2.33. The van der Waals surface area contributed by atoms with Gasteiger partial charge in [0.2, 0.25) is 0 Å². The lowest BCUT2D eigenvalue weighted by Gasteiger charge is -2.25. The largest absolute Gasteiger partial charge is 0.497 e. The number of fused-ring (bicyclic) bond motifs is 1. The molecule has 1 aliphatic heterocycles. The van der Waals surface area contributed by atoms with E-state index < -0.39 is 22.4 Å². The Labute approximate surface area is 264 Å². The molecule has 6 rings (SSSR count). The first-order chi connectivity index (χ1) is 21.8. The number of nitro groups is 1. The number of hydrogen-bond donors (Lipinski definition) is 1. The van der Waals surface area contributed by atoms with Gasteiger partial charge in [0.15, 0.2) is 9.96 Å². The summed E-state index contributed by atoms with van der Waals surface area (Å²) >= 11 is 2.36. The molecule has 2 aromatic heterocycles. The Balaban J connectivity index is 1.52. The zero-order chi connectivity index (χ0) is 31.5. The van der Waals surface area contributed by atoms with E-state index in [0.717, 1.165) is 11.3 Å². The summed E-state index contributed by atoms with van der Waals surface area (Å²) < 4.78 is 7.24. The molecule has 1 atom stereocenters. The molecular formula is C32H24N6O5S2. The summed E-state index contributed by atoms with van der Waals surface area (Å²) in [5.41, 5.74) is 1.93. The first kappa shape index (κ1) is 29.7. The highest BCUT2D eigenvalue weighted by Gasteiger charge is 2.33. The van der Waals surface area contributed by atoms with Crippen LogP contribution in [-0.2, 0) is 4.79 Å². The number of rotatable bonds is 8. The molecule has 0 fully saturated rings. The molecule has 0 spiro atoms. The molecule has 5 aromatic rings. The summed E-state index contributed by atoms with van der Waals surface area (Å²) in [7, 11) is 1.55. The van der Waals surface area contributed by atoms with Crippen LogP contribution in [0.25, 0.3) is 6.08 Å². The molecule has 1 aliphatic rings. The Bertz CT molecular complexity index is 2150. The van der Waals surface area contributed by atoms with Crippen LogP contribution in [0.15, 0.2) is 122 Å². The van der Waals surface area contributed by atoms with Crippen molar-refractivity contribution in [2.24, 2.45) is 4.99 Å². The molecule has 3 heterocycles. The Morgan fingerprint density at radius 3 is 2.58 bits per heavy atom. The van der Waals surface area contributed by atoms with Crippen molar-refractivity contribution in [2.75, 3.05) is 12.4 Å². The number of carbonyl (C=O) groups excluding carboxylic acids is 1. The molecule has 11 nitrogen and oxygen atoms in total. The predicted molar refractivity (Wildman–Crippen MR) is 171 cm³/mol. The first-order valence-electron chi connectivity index (χ1n) is 13.6. The Kier molecular flexibility index (Phi) is 8.36. The minimum atomic E-state index is -0.820. The van der Waals surface area contributed by atoms with Crippen molar-refractivity contribution in [3.8, 4) is 5.75 Å². The molecular weight excluding hydrogens is 613 g/mol. The third-order valence-electron chi connectivity index (χ3n) is 6.94. The molecule has 0 aliphatic carbocycles. The van der Waals surface area contributed by atoms with E-state index in [4.69, 9.17) is 4.74 Å². The van der Waals surface area contributed by atoms with Gasteiger partial charge >= 0.3 is 0 Å². The maximum Gasteiger partial charge on any atom is 0.271 e. The summed E-state index contributed by atoms with van der Waals surface area (Å²) in [6.45, 7) is 1.74. The molecule has 0 radical (unpaired) electrons. The topological polar surface area (TPSA) is 142 Å². The number of hydrogen-bond acceptors (Lipinski definition) is 10. The SMILES string of the molecule is COc1cccc([C@H]2C(C(=O)Nc3ccccc3)=C(C)N=c3s/c(=C/c4cc([N+](=O)[O-])ccc4Sc4ncccn4)c(=O)n32)c1. The van der Waals surface area contributed by atoms with Crippen LogP contribution >= 0.6 is 23.1 Å². The normalized spacial score (nSPS) is 14.4. The smallest absolute Gasteiger partial charge is 0.271 e.